The molecule has 0 aromatic heterocycles. The van der Waals surface area contributed by atoms with Gasteiger partial charge in [-0.05, 0) is 49.4 Å². The van der Waals surface area contributed by atoms with Gasteiger partial charge in [0.05, 0.1) is 4.92 Å². The lowest BCUT2D eigenvalue weighted by Gasteiger charge is -2.39. The van der Waals surface area contributed by atoms with Gasteiger partial charge in [0.1, 0.15) is 0 Å². The van der Waals surface area contributed by atoms with Crippen LogP contribution in [0.2, 0.25) is 0 Å². The van der Waals surface area contributed by atoms with Crippen molar-refractivity contribution in [2.45, 2.75) is 25.7 Å². The van der Waals surface area contributed by atoms with Crippen LogP contribution in [0.15, 0.2) is 11.8 Å². The third-order valence-electron chi connectivity index (χ3n) is 4.28. The molecule has 3 rings (SSSR count). The molecule has 0 saturated heterocycles. The first kappa shape index (κ1) is 7.54. The summed E-state index contributed by atoms with van der Waals surface area (Å²) in [5, 5.41) is 10.4. The second-order valence-corrected chi connectivity index (χ2v) is 4.62. The van der Waals surface area contributed by atoms with Gasteiger partial charge >= 0.3 is 0 Å². The molecule has 70 valence electrons. The fourth-order valence-corrected chi connectivity index (χ4v) is 3.89. The highest BCUT2D eigenvalue weighted by atomic mass is 16.6. The van der Waals surface area contributed by atoms with E-state index in [1.165, 1.54) is 31.9 Å². The average Bonchev–Trinajstić information content (AvgIpc) is 2.51. The Labute approximate surface area is 77.0 Å². The highest BCUT2D eigenvalue weighted by Crippen LogP contribution is 2.64. The van der Waals surface area contributed by atoms with Gasteiger partial charge in [-0.2, -0.15) is 0 Å². The summed E-state index contributed by atoms with van der Waals surface area (Å²) in [7, 11) is 0. The number of rotatable bonds is 1. The van der Waals surface area contributed by atoms with Gasteiger partial charge in [0, 0.05) is 5.57 Å². The zero-order valence-electron chi connectivity index (χ0n) is 7.48. The molecule has 3 aliphatic carbocycles. The molecule has 3 aliphatic rings. The molecule has 3 saturated carbocycles. The molecule has 0 heterocycles. The van der Waals surface area contributed by atoms with Crippen LogP contribution in [0.4, 0.5) is 0 Å². The fourth-order valence-electron chi connectivity index (χ4n) is 3.89. The van der Waals surface area contributed by atoms with E-state index in [0.29, 0.717) is 11.8 Å². The van der Waals surface area contributed by atoms with Crippen LogP contribution in [0, 0.1) is 33.8 Å². The van der Waals surface area contributed by atoms with Crippen LogP contribution in [0.3, 0.4) is 0 Å². The lowest BCUT2D eigenvalue weighted by molar-refractivity contribution is -0.405. The molecule has 3 heteroatoms. The van der Waals surface area contributed by atoms with Gasteiger partial charge in [0.15, 0.2) is 0 Å². The van der Waals surface area contributed by atoms with Crippen molar-refractivity contribution in [1.82, 2.24) is 0 Å². The number of allylic oxidation sites excluding steroid dienone is 1. The molecule has 0 aliphatic heterocycles. The minimum absolute atomic E-state index is 0.267. The zero-order chi connectivity index (χ0) is 9.00. The Morgan fingerprint density at radius 2 is 1.85 bits per heavy atom. The minimum Gasteiger partial charge on any atom is -0.259 e. The van der Waals surface area contributed by atoms with E-state index >= 15 is 0 Å². The molecular weight excluding hydrogens is 166 g/mol. The largest absolute Gasteiger partial charge is 0.259 e. The van der Waals surface area contributed by atoms with E-state index < -0.39 is 0 Å². The molecule has 3 nitrogen and oxygen atoms in total. The normalized spacial score (nSPS) is 49.1. The summed E-state index contributed by atoms with van der Waals surface area (Å²) in [5.41, 5.74) is 1.16. The lowest BCUT2D eigenvalue weighted by atomic mass is 9.64. The summed E-state index contributed by atoms with van der Waals surface area (Å²) in [4.78, 5) is 10.1. The molecular formula is C10H13NO2. The maximum atomic E-state index is 10.4. The Hall–Kier alpha value is -0.860. The third kappa shape index (κ3) is 0.847. The van der Waals surface area contributed by atoms with Crippen LogP contribution in [0.5, 0.6) is 0 Å². The second-order valence-electron chi connectivity index (χ2n) is 4.62. The van der Waals surface area contributed by atoms with Gasteiger partial charge in [-0.3, -0.25) is 10.1 Å². The van der Waals surface area contributed by atoms with E-state index in [1.54, 1.807) is 0 Å². The van der Waals surface area contributed by atoms with Crippen molar-refractivity contribution >= 4 is 0 Å². The van der Waals surface area contributed by atoms with Gasteiger partial charge in [0.2, 0.25) is 6.20 Å². The number of nitrogens with zero attached hydrogens (tertiary/aromatic N) is 1. The summed E-state index contributed by atoms with van der Waals surface area (Å²) < 4.78 is 0. The van der Waals surface area contributed by atoms with Crippen molar-refractivity contribution in [1.29, 1.82) is 0 Å². The average molecular weight is 179 g/mol. The summed E-state index contributed by atoms with van der Waals surface area (Å²) in [5.74, 6) is 2.95. The fraction of sp³-hybridized carbons (Fsp3) is 0.800. The van der Waals surface area contributed by atoms with Gasteiger partial charge in [-0.15, -0.1) is 0 Å². The number of nitro groups is 1. The molecule has 4 atom stereocenters. The molecule has 0 spiro atoms. The summed E-state index contributed by atoms with van der Waals surface area (Å²) in [6.45, 7) is 0. The predicted molar refractivity (Wildman–Crippen MR) is 47.5 cm³/mol. The zero-order valence-corrected chi connectivity index (χ0v) is 7.48. The van der Waals surface area contributed by atoms with Crippen LogP contribution >= 0.6 is 0 Å². The Morgan fingerprint density at radius 3 is 2.38 bits per heavy atom. The molecule has 0 radical (unpaired) electrons. The topological polar surface area (TPSA) is 43.1 Å². The molecule has 0 N–H and O–H groups in total. The third-order valence-corrected chi connectivity index (χ3v) is 4.28. The molecule has 0 bridgehead atoms. The molecule has 13 heavy (non-hydrogen) atoms. The van der Waals surface area contributed by atoms with Crippen molar-refractivity contribution in [3.05, 3.63) is 21.9 Å². The van der Waals surface area contributed by atoms with Crippen LogP contribution in [0.1, 0.15) is 25.7 Å². The van der Waals surface area contributed by atoms with Gasteiger partial charge in [0.25, 0.3) is 0 Å². The first-order chi connectivity index (χ1) is 6.27. The van der Waals surface area contributed by atoms with Gasteiger partial charge in [-0.25, -0.2) is 0 Å². The summed E-state index contributed by atoms with van der Waals surface area (Å²) in [6, 6.07) is 0. The Kier molecular flexibility index (Phi) is 1.35. The van der Waals surface area contributed by atoms with E-state index in [2.05, 4.69) is 0 Å². The van der Waals surface area contributed by atoms with Crippen LogP contribution in [-0.4, -0.2) is 4.92 Å². The van der Waals surface area contributed by atoms with E-state index in [9.17, 15) is 10.1 Å². The predicted octanol–water partition coefficient (Wildman–Crippen LogP) is 2.21. The minimum atomic E-state index is -0.267. The maximum Gasteiger partial charge on any atom is 0.234 e. The van der Waals surface area contributed by atoms with Crippen molar-refractivity contribution in [2.24, 2.45) is 23.7 Å². The van der Waals surface area contributed by atoms with E-state index in [-0.39, 0.29) is 4.92 Å². The highest BCUT2D eigenvalue weighted by Gasteiger charge is 2.57. The van der Waals surface area contributed by atoms with Crippen molar-refractivity contribution in [3.8, 4) is 0 Å². The Bertz CT molecular complexity index is 279. The van der Waals surface area contributed by atoms with Crippen molar-refractivity contribution in [3.63, 3.8) is 0 Å². The molecule has 0 aromatic carbocycles. The van der Waals surface area contributed by atoms with Crippen LogP contribution in [0.25, 0.3) is 0 Å². The van der Waals surface area contributed by atoms with Crippen molar-refractivity contribution < 1.29 is 4.92 Å². The van der Waals surface area contributed by atoms with E-state index in [0.717, 1.165) is 17.4 Å². The van der Waals surface area contributed by atoms with Gasteiger partial charge < -0.3 is 0 Å². The first-order valence-electron chi connectivity index (χ1n) is 5.12. The summed E-state index contributed by atoms with van der Waals surface area (Å²) in [6.07, 6.45) is 6.36. The van der Waals surface area contributed by atoms with E-state index in [4.69, 9.17) is 0 Å². The second kappa shape index (κ2) is 2.34. The highest BCUT2D eigenvalue weighted by molar-refractivity contribution is 5.27. The number of hydrogen-bond acceptors (Lipinski definition) is 2. The smallest absolute Gasteiger partial charge is 0.234 e. The van der Waals surface area contributed by atoms with E-state index in [1.807, 2.05) is 0 Å². The SMILES string of the molecule is O=[N+]([O-])C=C1[C@H]2CCC3CC[C@@H]1[C@H]32. The molecule has 0 aromatic rings. The lowest BCUT2D eigenvalue weighted by Crippen LogP contribution is -2.34. The van der Waals surface area contributed by atoms with Crippen LogP contribution in [-0.2, 0) is 0 Å². The van der Waals surface area contributed by atoms with Crippen LogP contribution < -0.4 is 0 Å². The maximum absolute atomic E-state index is 10.4. The Morgan fingerprint density at radius 1 is 1.23 bits per heavy atom. The number of hydrogen-bond donors (Lipinski definition) is 0. The molecule has 3 fully saturated rings. The quantitative estimate of drug-likeness (QED) is 0.457. The van der Waals surface area contributed by atoms with Crippen molar-refractivity contribution in [2.75, 3.05) is 0 Å². The summed E-state index contributed by atoms with van der Waals surface area (Å²) >= 11 is 0. The first-order valence-corrected chi connectivity index (χ1v) is 5.12. The standard InChI is InChI=1S/C10H13NO2/c12-11(13)5-9-7-3-1-6-2-4-8(9)10(6)7/h5-8,10H,1-4H2/t6?,7-,8+,10-. The Balaban J connectivity index is 1.90. The van der Waals surface area contributed by atoms with Gasteiger partial charge in [-0.1, -0.05) is 0 Å². The molecule has 1 unspecified atom stereocenters. The monoisotopic (exact) mass is 179 g/mol. The molecule has 0 amide bonds.